The van der Waals surface area contributed by atoms with Gasteiger partial charge in [0.25, 0.3) is 5.91 Å². The molecule has 1 saturated heterocycles. The van der Waals surface area contributed by atoms with Crippen LogP contribution in [0.5, 0.6) is 11.5 Å². The van der Waals surface area contributed by atoms with Crippen LogP contribution in [-0.4, -0.2) is 49.1 Å². The molecule has 3 rings (SSSR count). The lowest BCUT2D eigenvalue weighted by atomic mass is 10.0. The van der Waals surface area contributed by atoms with E-state index in [2.05, 4.69) is 5.32 Å². The van der Waals surface area contributed by atoms with E-state index >= 15 is 0 Å². The van der Waals surface area contributed by atoms with E-state index in [1.807, 2.05) is 6.92 Å². The van der Waals surface area contributed by atoms with Crippen LogP contribution in [0.2, 0.25) is 0 Å². The van der Waals surface area contributed by atoms with Crippen LogP contribution < -0.4 is 14.8 Å². The maximum Gasteiger partial charge on any atom is 0.254 e. The topological polar surface area (TPSA) is 67.9 Å². The third-order valence-electron chi connectivity index (χ3n) is 4.18. The third kappa shape index (κ3) is 3.57. The van der Waals surface area contributed by atoms with Gasteiger partial charge in [-0.05, 0) is 31.0 Å². The highest BCUT2D eigenvalue weighted by Gasteiger charge is 2.26. The molecule has 0 saturated carbocycles. The minimum atomic E-state index is -0.0302. The van der Waals surface area contributed by atoms with Crippen LogP contribution >= 0.6 is 0 Å². The highest BCUT2D eigenvalue weighted by atomic mass is 16.6. The summed E-state index contributed by atoms with van der Waals surface area (Å²) in [5.74, 6) is 1.30. The van der Waals surface area contributed by atoms with Gasteiger partial charge in [0.05, 0.1) is 0 Å². The van der Waals surface area contributed by atoms with Crippen LogP contribution in [0.15, 0.2) is 18.2 Å². The number of amides is 2. The van der Waals surface area contributed by atoms with Crippen LogP contribution in [0.1, 0.15) is 36.5 Å². The standard InChI is InChI=1S/C17H22N2O4/c1-2-16(20)18-13-4-3-7-19(11-13)17(21)12-5-6-14-15(10-12)23-9-8-22-14/h5-6,10,13H,2-4,7-9,11H2,1H3,(H,18,20). The van der Waals surface area contributed by atoms with E-state index in [9.17, 15) is 9.59 Å². The molecule has 1 fully saturated rings. The smallest absolute Gasteiger partial charge is 0.254 e. The molecular formula is C17H22N2O4. The maximum absolute atomic E-state index is 12.7. The minimum absolute atomic E-state index is 0.0302. The van der Waals surface area contributed by atoms with Gasteiger partial charge in [0, 0.05) is 31.1 Å². The Bertz CT molecular complexity index is 602. The largest absolute Gasteiger partial charge is 0.486 e. The van der Waals surface area contributed by atoms with E-state index in [0.717, 1.165) is 12.8 Å². The van der Waals surface area contributed by atoms with Gasteiger partial charge in [-0.3, -0.25) is 9.59 Å². The van der Waals surface area contributed by atoms with Gasteiger partial charge in [0.15, 0.2) is 11.5 Å². The number of nitrogens with zero attached hydrogens (tertiary/aromatic N) is 1. The fourth-order valence-electron chi connectivity index (χ4n) is 2.97. The number of carbonyl (C=O) groups is 2. The van der Waals surface area contributed by atoms with Crippen LogP contribution in [-0.2, 0) is 4.79 Å². The predicted molar refractivity (Wildman–Crippen MR) is 84.8 cm³/mol. The van der Waals surface area contributed by atoms with Crippen LogP contribution in [0, 0.1) is 0 Å². The van der Waals surface area contributed by atoms with Crippen molar-refractivity contribution in [2.45, 2.75) is 32.2 Å². The van der Waals surface area contributed by atoms with E-state index < -0.39 is 0 Å². The number of hydrogen-bond acceptors (Lipinski definition) is 4. The highest BCUT2D eigenvalue weighted by Crippen LogP contribution is 2.31. The third-order valence-corrected chi connectivity index (χ3v) is 4.18. The second-order valence-corrected chi connectivity index (χ2v) is 5.87. The molecule has 2 amide bonds. The summed E-state index contributed by atoms with van der Waals surface area (Å²) in [4.78, 5) is 26.0. The Hall–Kier alpha value is -2.24. The zero-order chi connectivity index (χ0) is 16.2. The van der Waals surface area contributed by atoms with E-state index in [4.69, 9.17) is 9.47 Å². The van der Waals surface area contributed by atoms with E-state index in [1.54, 1.807) is 23.1 Å². The summed E-state index contributed by atoms with van der Waals surface area (Å²) >= 11 is 0. The number of fused-ring (bicyclic) bond motifs is 1. The fourth-order valence-corrected chi connectivity index (χ4v) is 2.97. The van der Waals surface area contributed by atoms with E-state index in [1.165, 1.54) is 0 Å². The van der Waals surface area contributed by atoms with Crippen LogP contribution in [0.3, 0.4) is 0 Å². The van der Waals surface area contributed by atoms with Crippen molar-refractivity contribution in [2.24, 2.45) is 0 Å². The minimum Gasteiger partial charge on any atom is -0.486 e. The first kappa shape index (κ1) is 15.6. The molecule has 0 spiro atoms. The highest BCUT2D eigenvalue weighted by molar-refractivity contribution is 5.95. The molecule has 1 unspecified atom stereocenters. The van der Waals surface area contributed by atoms with Gasteiger partial charge in [-0.15, -0.1) is 0 Å². The van der Waals surface area contributed by atoms with E-state index in [0.29, 0.717) is 49.8 Å². The zero-order valence-electron chi connectivity index (χ0n) is 13.3. The number of hydrogen-bond donors (Lipinski definition) is 1. The number of benzene rings is 1. The molecule has 1 atom stereocenters. The molecule has 2 heterocycles. The zero-order valence-corrected chi connectivity index (χ0v) is 13.3. The van der Waals surface area contributed by atoms with E-state index in [-0.39, 0.29) is 17.9 Å². The molecule has 0 radical (unpaired) electrons. The summed E-state index contributed by atoms with van der Waals surface area (Å²) < 4.78 is 11.0. The summed E-state index contributed by atoms with van der Waals surface area (Å²) in [7, 11) is 0. The molecular weight excluding hydrogens is 296 g/mol. The van der Waals surface area contributed by atoms with Crippen molar-refractivity contribution in [1.82, 2.24) is 10.2 Å². The molecule has 124 valence electrons. The Kier molecular flexibility index (Phi) is 4.69. The lowest BCUT2D eigenvalue weighted by Crippen LogP contribution is -2.49. The average molecular weight is 318 g/mol. The van der Waals surface area contributed by atoms with Gasteiger partial charge in [-0.1, -0.05) is 6.92 Å². The Balaban J connectivity index is 1.68. The average Bonchev–Trinajstić information content (AvgIpc) is 2.60. The molecule has 0 aliphatic carbocycles. The fraction of sp³-hybridized carbons (Fsp3) is 0.529. The van der Waals surface area contributed by atoms with Crippen LogP contribution in [0.25, 0.3) is 0 Å². The van der Waals surface area contributed by atoms with Gasteiger partial charge in [0.2, 0.25) is 5.91 Å². The molecule has 1 aromatic rings. The molecule has 2 aliphatic rings. The molecule has 6 heteroatoms. The first-order valence-corrected chi connectivity index (χ1v) is 8.15. The number of rotatable bonds is 3. The first-order chi connectivity index (χ1) is 11.2. The lowest BCUT2D eigenvalue weighted by molar-refractivity contribution is -0.121. The lowest BCUT2D eigenvalue weighted by Gasteiger charge is -2.33. The van der Waals surface area contributed by atoms with Crippen molar-refractivity contribution in [3.63, 3.8) is 0 Å². The van der Waals surface area contributed by atoms with Crippen molar-refractivity contribution in [3.05, 3.63) is 23.8 Å². The quantitative estimate of drug-likeness (QED) is 0.919. The monoisotopic (exact) mass is 318 g/mol. The number of nitrogens with one attached hydrogen (secondary N) is 1. The number of piperidine rings is 1. The molecule has 0 aromatic heterocycles. The normalized spacial score (nSPS) is 20.0. The van der Waals surface area contributed by atoms with Crippen LogP contribution in [0.4, 0.5) is 0 Å². The molecule has 6 nitrogen and oxygen atoms in total. The Morgan fingerprint density at radius 1 is 1.26 bits per heavy atom. The van der Waals surface area contributed by atoms with Crippen molar-refractivity contribution in [2.75, 3.05) is 26.3 Å². The Morgan fingerprint density at radius 3 is 2.83 bits per heavy atom. The van der Waals surface area contributed by atoms with Gasteiger partial charge in [-0.2, -0.15) is 0 Å². The SMILES string of the molecule is CCC(=O)NC1CCCN(C(=O)c2ccc3c(c2)OCCO3)C1. The van der Waals surface area contributed by atoms with Gasteiger partial charge in [0.1, 0.15) is 13.2 Å². The maximum atomic E-state index is 12.7. The summed E-state index contributed by atoms with van der Waals surface area (Å²) in [6.45, 7) is 4.13. The second kappa shape index (κ2) is 6.89. The summed E-state index contributed by atoms with van der Waals surface area (Å²) in [5.41, 5.74) is 0.594. The van der Waals surface area contributed by atoms with Gasteiger partial charge >= 0.3 is 0 Å². The number of ether oxygens (including phenoxy) is 2. The second-order valence-electron chi connectivity index (χ2n) is 5.87. The van der Waals surface area contributed by atoms with Gasteiger partial charge < -0.3 is 19.7 Å². The van der Waals surface area contributed by atoms with Crippen molar-refractivity contribution in [1.29, 1.82) is 0 Å². The summed E-state index contributed by atoms with van der Waals surface area (Å²) in [6.07, 6.45) is 2.27. The Morgan fingerprint density at radius 2 is 2.04 bits per heavy atom. The molecule has 23 heavy (non-hydrogen) atoms. The number of carbonyl (C=O) groups excluding carboxylic acids is 2. The van der Waals surface area contributed by atoms with Crippen molar-refractivity contribution in [3.8, 4) is 11.5 Å². The first-order valence-electron chi connectivity index (χ1n) is 8.15. The summed E-state index contributed by atoms with van der Waals surface area (Å²) in [5, 5.41) is 2.98. The molecule has 0 bridgehead atoms. The molecule has 1 aromatic carbocycles. The predicted octanol–water partition coefficient (Wildman–Crippen LogP) is 1.59. The molecule has 1 N–H and O–H groups in total. The number of likely N-dealkylation sites (tertiary alicyclic amines) is 1. The van der Waals surface area contributed by atoms with Gasteiger partial charge in [-0.25, -0.2) is 0 Å². The Labute approximate surface area is 135 Å². The van der Waals surface area contributed by atoms with Crippen molar-refractivity contribution >= 4 is 11.8 Å². The molecule has 2 aliphatic heterocycles. The summed E-state index contributed by atoms with van der Waals surface area (Å²) in [6, 6.07) is 5.33. The van der Waals surface area contributed by atoms with Crippen molar-refractivity contribution < 1.29 is 19.1 Å².